The highest BCUT2D eigenvalue weighted by molar-refractivity contribution is 5.71. The average molecular weight is 509 g/mol. The molecule has 4 heterocycles. The first-order valence-corrected chi connectivity index (χ1v) is 12.6. The van der Waals surface area contributed by atoms with Gasteiger partial charge in [0.25, 0.3) is 0 Å². The van der Waals surface area contributed by atoms with Gasteiger partial charge in [-0.3, -0.25) is 9.59 Å². The van der Waals surface area contributed by atoms with Gasteiger partial charge >= 0.3 is 11.9 Å². The Bertz CT molecular complexity index is 1470. The topological polar surface area (TPSA) is 71.1 Å². The van der Waals surface area contributed by atoms with Crippen molar-refractivity contribution in [2.45, 2.75) is 39.5 Å². The molecule has 4 aromatic carbocycles. The summed E-state index contributed by atoms with van der Waals surface area (Å²) in [6.45, 7) is 2.74. The molecule has 0 amide bonds. The quantitative estimate of drug-likeness (QED) is 0.214. The first-order valence-electron chi connectivity index (χ1n) is 12.6. The molecule has 6 nitrogen and oxygen atoms in total. The van der Waals surface area contributed by atoms with E-state index in [0.29, 0.717) is 47.3 Å². The van der Waals surface area contributed by atoms with Crippen molar-refractivity contribution in [3.05, 3.63) is 107 Å². The van der Waals surface area contributed by atoms with Gasteiger partial charge < -0.3 is 18.9 Å². The van der Waals surface area contributed by atoms with Crippen LogP contribution in [0.3, 0.4) is 0 Å². The Kier molecular flexibility index (Phi) is 7.40. The number of carbonyl (C=O) groups is 2. The molecule has 4 aliphatic rings. The van der Waals surface area contributed by atoms with Crippen LogP contribution < -0.4 is 18.9 Å². The maximum absolute atomic E-state index is 11.8. The lowest BCUT2D eigenvalue weighted by atomic mass is 10.0. The van der Waals surface area contributed by atoms with Crippen LogP contribution >= 0.6 is 0 Å². The van der Waals surface area contributed by atoms with E-state index in [-0.39, 0.29) is 0 Å². The summed E-state index contributed by atoms with van der Waals surface area (Å²) in [6.07, 6.45) is 3.04. The molecule has 0 aliphatic carbocycles. The van der Waals surface area contributed by atoms with Gasteiger partial charge in [0.15, 0.2) is 23.0 Å². The van der Waals surface area contributed by atoms with Crippen LogP contribution in [0.4, 0.5) is 0 Å². The predicted octanol–water partition coefficient (Wildman–Crippen LogP) is 7.01. The lowest BCUT2D eigenvalue weighted by Gasteiger charge is -2.15. The van der Waals surface area contributed by atoms with Crippen LogP contribution in [0.1, 0.15) is 36.1 Å². The highest BCUT2D eigenvalue weighted by Gasteiger charge is 2.14. The first kappa shape index (κ1) is 25.1. The monoisotopic (exact) mass is 508 g/mol. The number of benzene rings is 4. The van der Waals surface area contributed by atoms with Crippen molar-refractivity contribution in [2.24, 2.45) is 0 Å². The zero-order chi connectivity index (χ0) is 26.5. The Hall–Kier alpha value is -4.58. The zero-order valence-corrected chi connectivity index (χ0v) is 21.4. The molecule has 0 radical (unpaired) electrons. The molecule has 8 rings (SSSR count). The van der Waals surface area contributed by atoms with Gasteiger partial charge in [-0.2, -0.15) is 0 Å². The molecule has 0 N–H and O–H groups in total. The van der Waals surface area contributed by atoms with Crippen LogP contribution in [-0.4, -0.2) is 11.9 Å². The minimum atomic E-state index is -0.413. The molecule has 4 aliphatic heterocycles. The van der Waals surface area contributed by atoms with Gasteiger partial charge in [0.2, 0.25) is 0 Å². The molecule has 4 aromatic rings. The minimum Gasteiger partial charge on any atom is -0.453 e. The number of ether oxygens (including phenoxy) is 4. The molecule has 38 heavy (non-hydrogen) atoms. The van der Waals surface area contributed by atoms with Gasteiger partial charge in [0, 0.05) is 13.8 Å². The molecule has 0 saturated heterocycles. The van der Waals surface area contributed by atoms with Gasteiger partial charge in [-0.1, -0.05) is 36.4 Å². The third kappa shape index (κ3) is 6.40. The molecule has 0 saturated carbocycles. The second kappa shape index (κ2) is 11.2. The van der Waals surface area contributed by atoms with Crippen LogP contribution in [0.5, 0.6) is 34.5 Å². The molecule has 0 unspecified atom stereocenters. The molecule has 0 aromatic heterocycles. The van der Waals surface area contributed by atoms with Crippen molar-refractivity contribution in [1.29, 1.82) is 0 Å². The second-order valence-corrected chi connectivity index (χ2v) is 9.24. The number of hydrogen-bond donors (Lipinski definition) is 0. The van der Waals surface area contributed by atoms with E-state index in [2.05, 4.69) is 6.07 Å². The van der Waals surface area contributed by atoms with Crippen molar-refractivity contribution in [1.82, 2.24) is 0 Å². The van der Waals surface area contributed by atoms with E-state index < -0.39 is 11.9 Å². The second-order valence-electron chi connectivity index (χ2n) is 9.24. The van der Waals surface area contributed by atoms with Gasteiger partial charge in [-0.25, -0.2) is 0 Å². The smallest absolute Gasteiger partial charge is 0.308 e. The zero-order valence-electron chi connectivity index (χ0n) is 21.4. The molecular formula is C32H28O6. The van der Waals surface area contributed by atoms with Crippen molar-refractivity contribution >= 4 is 11.9 Å². The molecule has 6 heteroatoms. The summed E-state index contributed by atoms with van der Waals surface area (Å²) in [6, 6.07) is 27.0. The van der Waals surface area contributed by atoms with Gasteiger partial charge in [-0.05, 0) is 96.5 Å². The number of carbonyl (C=O) groups excluding carboxylic acids is 2. The fraction of sp³-hybridized carbons (Fsp3) is 0.188. The summed E-state index contributed by atoms with van der Waals surface area (Å²) in [4.78, 5) is 23.5. The molecule has 0 spiro atoms. The number of aryl methyl sites for hydroxylation is 4. The number of hydrogen-bond acceptors (Lipinski definition) is 6. The molecule has 8 bridgehead atoms. The summed E-state index contributed by atoms with van der Waals surface area (Å²) in [5, 5.41) is 0. The summed E-state index contributed by atoms with van der Waals surface area (Å²) < 4.78 is 23.2. The van der Waals surface area contributed by atoms with E-state index in [0.717, 1.165) is 29.5 Å². The number of esters is 2. The first-order chi connectivity index (χ1) is 18.4. The Morgan fingerprint density at radius 3 is 1.87 bits per heavy atom. The fourth-order valence-electron chi connectivity index (χ4n) is 4.37. The SMILES string of the molecule is CC(=O)Oc1cc2ccc1Oc1cccc(c1)CCc1ccc(cc1)Oc1cc(ccc1OC(C)=O)CC2. The summed E-state index contributed by atoms with van der Waals surface area (Å²) >= 11 is 0. The van der Waals surface area contributed by atoms with Crippen LogP contribution in [0.2, 0.25) is 0 Å². The van der Waals surface area contributed by atoms with Crippen LogP contribution in [-0.2, 0) is 35.3 Å². The normalized spacial score (nSPS) is 12.7. The average Bonchev–Trinajstić information content (AvgIpc) is 2.89. The minimum absolute atomic E-state index is 0.367. The molecule has 0 fully saturated rings. The van der Waals surface area contributed by atoms with Crippen LogP contribution in [0, 0.1) is 0 Å². The van der Waals surface area contributed by atoms with Crippen molar-refractivity contribution in [3.8, 4) is 34.5 Å². The largest absolute Gasteiger partial charge is 0.453 e. The van der Waals surface area contributed by atoms with E-state index in [1.54, 1.807) is 6.07 Å². The van der Waals surface area contributed by atoms with Crippen molar-refractivity contribution in [2.75, 3.05) is 0 Å². The van der Waals surface area contributed by atoms with Gasteiger partial charge in [0.05, 0.1) is 0 Å². The Labute approximate surface area is 221 Å². The van der Waals surface area contributed by atoms with Gasteiger partial charge in [0.1, 0.15) is 11.5 Å². The lowest BCUT2D eigenvalue weighted by molar-refractivity contribution is -0.132. The lowest BCUT2D eigenvalue weighted by Crippen LogP contribution is -2.04. The Morgan fingerprint density at radius 1 is 0.553 bits per heavy atom. The van der Waals surface area contributed by atoms with Gasteiger partial charge in [-0.15, -0.1) is 0 Å². The van der Waals surface area contributed by atoms with Crippen LogP contribution in [0.15, 0.2) is 84.9 Å². The summed E-state index contributed by atoms with van der Waals surface area (Å²) in [5.41, 5.74) is 4.29. The Morgan fingerprint density at radius 2 is 1.13 bits per heavy atom. The fourth-order valence-corrected chi connectivity index (χ4v) is 4.37. The Balaban J connectivity index is 1.53. The van der Waals surface area contributed by atoms with E-state index in [9.17, 15) is 9.59 Å². The predicted molar refractivity (Wildman–Crippen MR) is 143 cm³/mol. The number of rotatable bonds is 2. The third-order valence-corrected chi connectivity index (χ3v) is 6.21. The summed E-state index contributed by atoms with van der Waals surface area (Å²) in [5.74, 6) is 2.21. The standard InChI is InChI=1S/C32H28O6/c1-21(33)35-29-16-12-26-9-8-25-13-17-30(31(19-25)36-22(2)34)38-28-5-3-4-24(18-28)7-6-23-10-14-27(15-11-23)37-32(29)20-26/h3-5,10-20H,6-9H2,1-2H3. The van der Waals surface area contributed by atoms with E-state index >= 15 is 0 Å². The maximum atomic E-state index is 11.8. The van der Waals surface area contributed by atoms with E-state index in [1.165, 1.54) is 19.4 Å². The highest BCUT2D eigenvalue weighted by Crippen LogP contribution is 2.36. The molecule has 0 atom stereocenters. The van der Waals surface area contributed by atoms with E-state index in [4.69, 9.17) is 18.9 Å². The van der Waals surface area contributed by atoms with Crippen molar-refractivity contribution in [3.63, 3.8) is 0 Å². The summed E-state index contributed by atoms with van der Waals surface area (Å²) in [7, 11) is 0. The molecule has 192 valence electrons. The molecular weight excluding hydrogens is 480 g/mol. The van der Waals surface area contributed by atoms with Crippen molar-refractivity contribution < 1.29 is 28.5 Å². The highest BCUT2D eigenvalue weighted by atomic mass is 16.6. The third-order valence-electron chi connectivity index (χ3n) is 6.21. The van der Waals surface area contributed by atoms with Crippen LogP contribution in [0.25, 0.3) is 0 Å². The maximum Gasteiger partial charge on any atom is 0.308 e. The van der Waals surface area contributed by atoms with E-state index in [1.807, 2.05) is 72.8 Å².